The number of rotatable bonds is 16. The lowest BCUT2D eigenvalue weighted by molar-refractivity contribution is 0.198. The molecule has 0 aliphatic rings. The zero-order valence-electron chi connectivity index (χ0n) is 17.6. The number of aromatic amines is 1. The van der Waals surface area contributed by atoms with Crippen molar-refractivity contribution in [3.05, 3.63) is 22.1 Å². The Morgan fingerprint density at radius 2 is 1.64 bits per heavy atom. The molecule has 1 aromatic heterocycles. The predicted molar refractivity (Wildman–Crippen MR) is 114 cm³/mol. The molecule has 28 heavy (non-hydrogen) atoms. The zero-order valence-corrected chi connectivity index (χ0v) is 17.6. The third-order valence-corrected chi connectivity index (χ3v) is 4.65. The first kappa shape index (κ1) is 24.1. The molecule has 0 saturated heterocycles. The molecule has 0 radical (unpaired) electrons. The molecule has 0 unspecified atom stereocenters. The summed E-state index contributed by atoms with van der Waals surface area (Å²) in [6, 6.07) is 1.09. The number of hydrogen-bond donors (Lipinski definition) is 3. The van der Waals surface area contributed by atoms with Gasteiger partial charge in [-0.3, -0.25) is 15.1 Å². The number of unbranched alkanes of at least 4 members (excludes halogenated alkanes) is 10. The maximum Gasteiger partial charge on any atom is 0.321 e. The second kappa shape index (κ2) is 16.1. The van der Waals surface area contributed by atoms with Gasteiger partial charge in [-0.25, -0.2) is 9.78 Å². The zero-order chi connectivity index (χ0) is 20.5. The minimum Gasteiger partial charge on any atom is -0.383 e. The standard InChI is InChI=1S/C21H38N4O3/c1-3-4-5-6-7-8-9-10-11-12-13-14-18-17-19(26)24-20(23-18)25-21(27)22-15-16-28-2/h17H,3-16H2,1-2H3,(H3,22,23,24,25,26,27). The maximum atomic E-state index is 11.8. The Bertz CT molecular complexity index is 589. The van der Waals surface area contributed by atoms with Crippen molar-refractivity contribution in [2.75, 3.05) is 25.6 Å². The molecule has 3 N–H and O–H groups in total. The van der Waals surface area contributed by atoms with Gasteiger partial charge in [-0.05, 0) is 12.8 Å². The lowest BCUT2D eigenvalue weighted by Crippen LogP contribution is -2.32. The molecule has 2 amide bonds. The highest BCUT2D eigenvalue weighted by Crippen LogP contribution is 2.12. The molecular formula is C21H38N4O3. The number of nitrogens with zero attached hydrogens (tertiary/aromatic N) is 1. The molecule has 0 fully saturated rings. The lowest BCUT2D eigenvalue weighted by Gasteiger charge is -2.08. The number of carbonyl (C=O) groups is 1. The second-order valence-electron chi connectivity index (χ2n) is 7.24. The van der Waals surface area contributed by atoms with E-state index >= 15 is 0 Å². The maximum absolute atomic E-state index is 11.8. The van der Waals surface area contributed by atoms with Crippen LogP contribution in [-0.4, -0.2) is 36.3 Å². The van der Waals surface area contributed by atoms with Crippen molar-refractivity contribution in [1.82, 2.24) is 15.3 Å². The summed E-state index contributed by atoms with van der Waals surface area (Å²) in [7, 11) is 1.57. The van der Waals surface area contributed by atoms with Crippen molar-refractivity contribution in [3.63, 3.8) is 0 Å². The molecule has 1 heterocycles. The smallest absolute Gasteiger partial charge is 0.321 e. The monoisotopic (exact) mass is 394 g/mol. The number of amides is 2. The van der Waals surface area contributed by atoms with Crippen molar-refractivity contribution < 1.29 is 9.53 Å². The summed E-state index contributed by atoms with van der Waals surface area (Å²) in [6.45, 7) is 3.07. The van der Waals surface area contributed by atoms with Gasteiger partial charge in [0, 0.05) is 25.4 Å². The van der Waals surface area contributed by atoms with E-state index in [1.165, 1.54) is 63.9 Å². The Kier molecular flexibility index (Phi) is 13.9. The fourth-order valence-corrected chi connectivity index (χ4v) is 3.08. The summed E-state index contributed by atoms with van der Waals surface area (Å²) in [4.78, 5) is 30.4. The van der Waals surface area contributed by atoms with Crippen LogP contribution in [0.5, 0.6) is 0 Å². The number of ether oxygens (including phenoxy) is 1. The molecule has 1 aromatic rings. The summed E-state index contributed by atoms with van der Waals surface area (Å²) >= 11 is 0. The molecule has 0 spiro atoms. The quantitative estimate of drug-likeness (QED) is 0.362. The second-order valence-corrected chi connectivity index (χ2v) is 7.24. The number of nitrogens with one attached hydrogen (secondary N) is 3. The molecule has 0 aromatic carbocycles. The summed E-state index contributed by atoms with van der Waals surface area (Å²) in [6.07, 6.45) is 14.9. The number of aromatic nitrogens is 2. The van der Waals surface area contributed by atoms with Gasteiger partial charge in [0.25, 0.3) is 5.56 Å². The molecule has 160 valence electrons. The van der Waals surface area contributed by atoms with Crippen LogP contribution >= 0.6 is 0 Å². The van der Waals surface area contributed by atoms with E-state index in [1.807, 2.05) is 0 Å². The van der Waals surface area contributed by atoms with Crippen LogP contribution in [0.25, 0.3) is 0 Å². The van der Waals surface area contributed by atoms with Gasteiger partial charge >= 0.3 is 6.03 Å². The number of urea groups is 1. The van der Waals surface area contributed by atoms with Crippen molar-refractivity contribution in [1.29, 1.82) is 0 Å². The van der Waals surface area contributed by atoms with Crippen LogP contribution in [0.15, 0.2) is 10.9 Å². The van der Waals surface area contributed by atoms with E-state index < -0.39 is 6.03 Å². The van der Waals surface area contributed by atoms with Crippen molar-refractivity contribution in [2.45, 2.75) is 84.0 Å². The first-order valence-electron chi connectivity index (χ1n) is 10.8. The highest BCUT2D eigenvalue weighted by molar-refractivity contribution is 5.87. The third kappa shape index (κ3) is 12.5. The molecule has 0 atom stereocenters. The molecule has 1 rings (SSSR count). The lowest BCUT2D eigenvalue weighted by atomic mass is 10.0. The number of anilines is 1. The van der Waals surface area contributed by atoms with E-state index in [0.717, 1.165) is 19.3 Å². The number of H-pyrrole nitrogens is 1. The van der Waals surface area contributed by atoms with E-state index in [-0.39, 0.29) is 11.5 Å². The van der Waals surface area contributed by atoms with E-state index in [1.54, 1.807) is 7.11 Å². The molecule has 0 saturated carbocycles. The molecule has 0 aliphatic carbocycles. The van der Waals surface area contributed by atoms with Crippen LogP contribution in [0.1, 0.15) is 83.2 Å². The van der Waals surface area contributed by atoms with Crippen molar-refractivity contribution in [3.8, 4) is 0 Å². The average molecular weight is 395 g/mol. The number of aryl methyl sites for hydroxylation is 1. The fraction of sp³-hybridized carbons (Fsp3) is 0.762. The average Bonchev–Trinajstić information content (AvgIpc) is 2.66. The summed E-state index contributed by atoms with van der Waals surface area (Å²) in [5.74, 6) is 0.181. The number of methoxy groups -OCH3 is 1. The van der Waals surface area contributed by atoms with Crippen LogP contribution in [-0.2, 0) is 11.2 Å². The molecule has 7 heteroatoms. The van der Waals surface area contributed by atoms with Crippen LogP contribution < -0.4 is 16.2 Å². The number of hydrogen-bond acceptors (Lipinski definition) is 4. The highest BCUT2D eigenvalue weighted by Gasteiger charge is 2.05. The normalized spacial score (nSPS) is 10.8. The van der Waals surface area contributed by atoms with Gasteiger partial charge < -0.3 is 10.1 Å². The Morgan fingerprint density at radius 1 is 1.04 bits per heavy atom. The highest BCUT2D eigenvalue weighted by atomic mass is 16.5. The minimum absolute atomic E-state index is 0.181. The van der Waals surface area contributed by atoms with Crippen LogP contribution in [0, 0.1) is 0 Å². The van der Waals surface area contributed by atoms with Gasteiger partial charge in [0.15, 0.2) is 0 Å². The van der Waals surface area contributed by atoms with Crippen molar-refractivity contribution >= 4 is 12.0 Å². The Morgan fingerprint density at radius 3 is 2.25 bits per heavy atom. The van der Waals surface area contributed by atoms with Crippen LogP contribution in [0.3, 0.4) is 0 Å². The van der Waals surface area contributed by atoms with Gasteiger partial charge in [-0.2, -0.15) is 0 Å². The van der Waals surface area contributed by atoms with Gasteiger partial charge in [0.05, 0.1) is 6.61 Å². The predicted octanol–water partition coefficient (Wildman–Crippen LogP) is 4.39. The van der Waals surface area contributed by atoms with Gasteiger partial charge in [-0.1, -0.05) is 71.1 Å². The topological polar surface area (TPSA) is 96.1 Å². The summed E-state index contributed by atoms with van der Waals surface area (Å²) in [5, 5.41) is 5.18. The molecular weight excluding hydrogens is 356 g/mol. The van der Waals surface area contributed by atoms with Gasteiger partial charge in [0.1, 0.15) is 0 Å². The van der Waals surface area contributed by atoms with Gasteiger partial charge in [0.2, 0.25) is 5.95 Å². The molecule has 0 aliphatic heterocycles. The van der Waals surface area contributed by atoms with Crippen molar-refractivity contribution in [2.24, 2.45) is 0 Å². The Hall–Kier alpha value is -1.89. The van der Waals surface area contributed by atoms with Crippen LogP contribution in [0.4, 0.5) is 10.7 Å². The van der Waals surface area contributed by atoms with Crippen LogP contribution in [0.2, 0.25) is 0 Å². The SMILES string of the molecule is CCCCCCCCCCCCCc1cc(=O)[nH]c(NC(=O)NCCOC)n1. The van der Waals surface area contributed by atoms with Gasteiger partial charge in [-0.15, -0.1) is 0 Å². The third-order valence-electron chi connectivity index (χ3n) is 4.65. The first-order valence-corrected chi connectivity index (χ1v) is 10.8. The van der Waals surface area contributed by atoms with E-state index in [2.05, 4.69) is 27.5 Å². The minimum atomic E-state index is -0.410. The van der Waals surface area contributed by atoms with E-state index in [0.29, 0.717) is 18.8 Å². The first-order chi connectivity index (χ1) is 13.7. The fourth-order valence-electron chi connectivity index (χ4n) is 3.08. The molecule has 7 nitrogen and oxygen atoms in total. The Balaban J connectivity index is 2.18. The molecule has 0 bridgehead atoms. The Labute approximate surface area is 169 Å². The summed E-state index contributed by atoms with van der Waals surface area (Å²) in [5.41, 5.74) is 0.465. The number of carbonyl (C=O) groups excluding carboxylic acids is 1. The van der Waals surface area contributed by atoms with E-state index in [4.69, 9.17) is 4.74 Å². The largest absolute Gasteiger partial charge is 0.383 e. The van der Waals surface area contributed by atoms with E-state index in [9.17, 15) is 9.59 Å². The summed E-state index contributed by atoms with van der Waals surface area (Å²) < 4.78 is 4.87.